The van der Waals surface area contributed by atoms with Crippen molar-refractivity contribution >= 4 is 47.1 Å². The van der Waals surface area contributed by atoms with Gasteiger partial charge >= 0.3 is 11.9 Å². The lowest BCUT2D eigenvalue weighted by Crippen LogP contribution is -2.35. The SMILES string of the molecule is COc1cc(C(=O)Oc2ccc(Cl)cc2/C=C2/C(=O)NN(c3ccccc3)C2=O)ccc1OC(C)=O. The Morgan fingerprint density at radius 1 is 0.917 bits per heavy atom. The van der Waals surface area contributed by atoms with Gasteiger partial charge in [0.05, 0.1) is 18.4 Å². The second-order valence-corrected chi connectivity index (χ2v) is 7.94. The highest BCUT2D eigenvalue weighted by Crippen LogP contribution is 2.31. The number of esters is 2. The number of hydrazine groups is 1. The molecule has 9 nitrogen and oxygen atoms in total. The van der Waals surface area contributed by atoms with Gasteiger partial charge in [0.25, 0.3) is 11.8 Å². The molecule has 0 aliphatic carbocycles. The fraction of sp³-hybridized carbons (Fsp3) is 0.0769. The van der Waals surface area contributed by atoms with Crippen molar-refractivity contribution < 1.29 is 33.4 Å². The normalized spacial score (nSPS) is 14.0. The van der Waals surface area contributed by atoms with Crippen LogP contribution in [0.25, 0.3) is 6.08 Å². The van der Waals surface area contributed by atoms with E-state index in [4.69, 9.17) is 25.8 Å². The third kappa shape index (κ3) is 5.21. The number of amides is 2. The van der Waals surface area contributed by atoms with Gasteiger partial charge in [-0.1, -0.05) is 29.8 Å². The number of methoxy groups -OCH3 is 1. The summed E-state index contributed by atoms with van der Waals surface area (Å²) in [7, 11) is 1.36. The zero-order chi connectivity index (χ0) is 25.8. The fourth-order valence-corrected chi connectivity index (χ4v) is 3.57. The number of ether oxygens (including phenoxy) is 3. The minimum atomic E-state index is -0.752. The van der Waals surface area contributed by atoms with Crippen molar-refractivity contribution in [3.63, 3.8) is 0 Å². The molecule has 0 saturated carbocycles. The smallest absolute Gasteiger partial charge is 0.343 e. The second-order valence-electron chi connectivity index (χ2n) is 7.51. The Labute approximate surface area is 210 Å². The van der Waals surface area contributed by atoms with Crippen molar-refractivity contribution in [2.75, 3.05) is 12.1 Å². The van der Waals surface area contributed by atoms with Crippen LogP contribution in [0, 0.1) is 0 Å². The summed E-state index contributed by atoms with van der Waals surface area (Å²) in [6.45, 7) is 1.24. The molecule has 1 N–H and O–H groups in total. The molecule has 0 radical (unpaired) electrons. The predicted molar refractivity (Wildman–Crippen MR) is 131 cm³/mol. The average Bonchev–Trinajstić information content (AvgIpc) is 3.14. The number of rotatable bonds is 6. The Hall–Kier alpha value is -4.63. The van der Waals surface area contributed by atoms with Crippen LogP contribution in [0.3, 0.4) is 0 Å². The number of hydrogen-bond acceptors (Lipinski definition) is 7. The van der Waals surface area contributed by atoms with Gasteiger partial charge in [0.2, 0.25) is 0 Å². The van der Waals surface area contributed by atoms with Crippen LogP contribution >= 0.6 is 11.6 Å². The van der Waals surface area contributed by atoms with Crippen molar-refractivity contribution in [1.82, 2.24) is 5.43 Å². The Kier molecular flexibility index (Phi) is 7.03. The van der Waals surface area contributed by atoms with Gasteiger partial charge in [0.1, 0.15) is 11.3 Å². The van der Waals surface area contributed by atoms with Gasteiger partial charge < -0.3 is 14.2 Å². The van der Waals surface area contributed by atoms with E-state index >= 15 is 0 Å². The van der Waals surface area contributed by atoms with Crippen molar-refractivity contribution in [3.05, 3.63) is 88.5 Å². The molecule has 3 aromatic rings. The molecule has 182 valence electrons. The summed E-state index contributed by atoms with van der Waals surface area (Å²) in [5, 5.41) is 1.43. The maximum Gasteiger partial charge on any atom is 0.343 e. The maximum atomic E-state index is 12.9. The van der Waals surface area contributed by atoms with E-state index in [-0.39, 0.29) is 33.9 Å². The van der Waals surface area contributed by atoms with Crippen LogP contribution < -0.4 is 24.6 Å². The van der Waals surface area contributed by atoms with Crippen LogP contribution in [0.1, 0.15) is 22.8 Å². The van der Waals surface area contributed by atoms with Gasteiger partial charge in [-0.3, -0.25) is 19.8 Å². The van der Waals surface area contributed by atoms with Crippen LogP contribution in [0.5, 0.6) is 17.2 Å². The third-order valence-electron chi connectivity index (χ3n) is 5.03. The number of carbonyl (C=O) groups excluding carboxylic acids is 4. The van der Waals surface area contributed by atoms with E-state index in [9.17, 15) is 19.2 Å². The summed E-state index contributed by atoms with van der Waals surface area (Å²) in [6.07, 6.45) is 1.31. The van der Waals surface area contributed by atoms with Crippen molar-refractivity contribution in [1.29, 1.82) is 0 Å². The number of benzene rings is 3. The van der Waals surface area contributed by atoms with E-state index in [0.717, 1.165) is 5.01 Å². The number of anilines is 1. The first-order chi connectivity index (χ1) is 17.3. The van der Waals surface area contributed by atoms with Crippen LogP contribution in [0.15, 0.2) is 72.3 Å². The number of nitrogens with zero attached hydrogens (tertiary/aromatic N) is 1. The second kappa shape index (κ2) is 10.3. The van der Waals surface area contributed by atoms with Crippen LogP contribution in [-0.2, 0) is 14.4 Å². The monoisotopic (exact) mass is 506 g/mol. The Bertz CT molecular complexity index is 1400. The zero-order valence-corrected chi connectivity index (χ0v) is 19.9. The molecule has 0 aromatic heterocycles. The number of carbonyl (C=O) groups is 4. The largest absolute Gasteiger partial charge is 0.493 e. The van der Waals surface area contributed by atoms with Crippen molar-refractivity contribution in [3.8, 4) is 17.2 Å². The summed E-state index contributed by atoms with van der Waals surface area (Å²) in [6, 6.07) is 17.2. The van der Waals surface area contributed by atoms with Crippen molar-refractivity contribution in [2.24, 2.45) is 0 Å². The molecular weight excluding hydrogens is 488 g/mol. The molecule has 4 rings (SSSR count). The molecule has 0 spiro atoms. The highest BCUT2D eigenvalue weighted by atomic mass is 35.5. The summed E-state index contributed by atoms with van der Waals surface area (Å²) < 4.78 is 15.8. The van der Waals surface area contributed by atoms with E-state index in [1.54, 1.807) is 30.3 Å². The van der Waals surface area contributed by atoms with Gasteiger partial charge in [-0.25, -0.2) is 9.80 Å². The molecule has 10 heteroatoms. The molecule has 0 unspecified atom stereocenters. The predicted octanol–water partition coefficient (Wildman–Crippen LogP) is 3.95. The molecule has 3 aromatic carbocycles. The molecule has 0 atom stereocenters. The number of halogens is 1. The minimum absolute atomic E-state index is 0.0682. The minimum Gasteiger partial charge on any atom is -0.493 e. The van der Waals surface area contributed by atoms with E-state index in [0.29, 0.717) is 10.7 Å². The van der Waals surface area contributed by atoms with Crippen molar-refractivity contribution in [2.45, 2.75) is 6.92 Å². The molecule has 1 saturated heterocycles. The van der Waals surface area contributed by atoms with Gasteiger partial charge in [-0.15, -0.1) is 0 Å². The topological polar surface area (TPSA) is 111 Å². The number of hydrogen-bond donors (Lipinski definition) is 1. The summed E-state index contributed by atoms with van der Waals surface area (Å²) in [5.74, 6) is -2.11. The highest BCUT2D eigenvalue weighted by molar-refractivity contribution is 6.32. The quantitative estimate of drug-likeness (QED) is 0.233. The molecule has 0 bridgehead atoms. The first-order valence-electron chi connectivity index (χ1n) is 10.6. The molecular formula is C26H19ClN2O7. The van der Waals surface area contributed by atoms with Crippen LogP contribution in [0.4, 0.5) is 5.69 Å². The zero-order valence-electron chi connectivity index (χ0n) is 19.1. The first-order valence-corrected chi connectivity index (χ1v) is 10.9. The van der Waals surface area contributed by atoms with Gasteiger partial charge in [-0.05, 0) is 54.6 Å². The molecule has 36 heavy (non-hydrogen) atoms. The summed E-state index contributed by atoms with van der Waals surface area (Å²) in [4.78, 5) is 49.6. The van der Waals surface area contributed by atoms with Crippen LogP contribution in [-0.4, -0.2) is 30.9 Å². The molecule has 2 amide bonds. The highest BCUT2D eigenvalue weighted by Gasteiger charge is 2.34. The van der Waals surface area contributed by atoms with E-state index in [2.05, 4.69) is 5.43 Å². The lowest BCUT2D eigenvalue weighted by molar-refractivity contribution is -0.132. The third-order valence-corrected chi connectivity index (χ3v) is 5.27. The Balaban J connectivity index is 1.62. The van der Waals surface area contributed by atoms with Gasteiger partial charge in [-0.2, -0.15) is 0 Å². The molecule has 1 fully saturated rings. The first kappa shape index (κ1) is 24.5. The number of para-hydroxylation sites is 1. The fourth-order valence-electron chi connectivity index (χ4n) is 3.39. The molecule has 1 heterocycles. The van der Waals surface area contributed by atoms with Gasteiger partial charge in [0.15, 0.2) is 11.5 Å². The van der Waals surface area contributed by atoms with Gasteiger partial charge in [0, 0.05) is 17.5 Å². The van der Waals surface area contributed by atoms with E-state index in [1.807, 2.05) is 0 Å². The standard InChI is InChI=1S/C26H19ClN2O7/c1-15(30)35-22-10-8-16(14-23(22)34-2)26(33)36-21-11-9-18(27)12-17(21)13-20-24(31)28-29(25(20)32)19-6-4-3-5-7-19/h3-14H,1-2H3,(H,28,31)/b20-13-. The maximum absolute atomic E-state index is 12.9. The van der Waals surface area contributed by atoms with E-state index < -0.39 is 23.8 Å². The number of nitrogens with one attached hydrogen (secondary N) is 1. The molecule has 1 aliphatic heterocycles. The lowest BCUT2D eigenvalue weighted by atomic mass is 10.1. The lowest BCUT2D eigenvalue weighted by Gasteiger charge is -2.14. The summed E-state index contributed by atoms with van der Waals surface area (Å²) in [5.41, 5.74) is 3.19. The average molecular weight is 507 g/mol. The Morgan fingerprint density at radius 2 is 1.64 bits per heavy atom. The molecule has 1 aliphatic rings. The summed E-state index contributed by atoms with van der Waals surface area (Å²) >= 11 is 6.13. The van der Waals surface area contributed by atoms with E-state index in [1.165, 1.54) is 56.5 Å². The Morgan fingerprint density at radius 3 is 2.33 bits per heavy atom. The van der Waals surface area contributed by atoms with Crippen LogP contribution in [0.2, 0.25) is 5.02 Å².